The molecule has 6 nitrogen and oxygen atoms in total. The van der Waals surface area contributed by atoms with Crippen LogP contribution in [0.2, 0.25) is 0 Å². The Morgan fingerprint density at radius 1 is 1.16 bits per heavy atom. The zero-order valence-corrected chi connectivity index (χ0v) is 14.2. The van der Waals surface area contributed by atoms with Gasteiger partial charge in [0.15, 0.2) is 11.6 Å². The number of aliphatic imine (C=N–C) groups is 1. The van der Waals surface area contributed by atoms with E-state index in [0.717, 1.165) is 36.4 Å². The second-order valence-corrected chi connectivity index (χ2v) is 6.38. The maximum Gasteiger partial charge on any atom is 0.193 e. The van der Waals surface area contributed by atoms with E-state index in [1.54, 1.807) is 0 Å². The molecule has 6 heteroatoms. The van der Waals surface area contributed by atoms with Crippen molar-refractivity contribution in [1.82, 2.24) is 14.6 Å². The Labute approximate surface area is 146 Å². The van der Waals surface area contributed by atoms with Crippen LogP contribution in [0.4, 0.5) is 5.69 Å². The van der Waals surface area contributed by atoms with Gasteiger partial charge in [-0.3, -0.25) is 9.39 Å². The van der Waals surface area contributed by atoms with Crippen LogP contribution in [0.5, 0.6) is 0 Å². The van der Waals surface area contributed by atoms with Gasteiger partial charge in [-0.15, -0.1) is 10.2 Å². The van der Waals surface area contributed by atoms with Gasteiger partial charge < -0.3 is 11.1 Å². The molecule has 1 aliphatic rings. The van der Waals surface area contributed by atoms with Gasteiger partial charge in [0.05, 0.1) is 0 Å². The zero-order valence-electron chi connectivity index (χ0n) is 14.2. The van der Waals surface area contributed by atoms with Crippen molar-refractivity contribution in [2.45, 2.75) is 32.1 Å². The summed E-state index contributed by atoms with van der Waals surface area (Å²) in [6, 6.07) is 12.4. The van der Waals surface area contributed by atoms with Crippen LogP contribution in [-0.2, 0) is 19.3 Å². The number of fused-ring (bicyclic) bond motifs is 2. The van der Waals surface area contributed by atoms with Crippen LogP contribution in [0.3, 0.4) is 0 Å². The predicted octanol–water partition coefficient (Wildman–Crippen LogP) is 2.58. The first kappa shape index (κ1) is 15.6. The Morgan fingerprint density at radius 3 is 3.04 bits per heavy atom. The third-order valence-corrected chi connectivity index (χ3v) is 4.60. The molecule has 0 bridgehead atoms. The fourth-order valence-corrected chi connectivity index (χ4v) is 3.34. The number of hydrogen-bond acceptors (Lipinski definition) is 3. The predicted molar refractivity (Wildman–Crippen MR) is 99.9 cm³/mol. The average Bonchev–Trinajstić information content (AvgIpc) is 3.25. The standard InChI is InChI=1S/C19H22N6/c20-19(22-16-10-9-14-5-3-6-15(14)13-16)21-11-4-8-18-24-23-17-7-1-2-12-25(17)18/h1-2,7,9-10,12-13H,3-6,8,11H2,(H3,20,21,22). The molecule has 0 spiro atoms. The molecule has 25 heavy (non-hydrogen) atoms. The van der Waals surface area contributed by atoms with Crippen LogP contribution in [0.25, 0.3) is 5.65 Å². The number of nitrogens with two attached hydrogens (primary N) is 1. The summed E-state index contributed by atoms with van der Waals surface area (Å²) in [6.45, 7) is 0.658. The Hall–Kier alpha value is -2.89. The van der Waals surface area contributed by atoms with Gasteiger partial charge >= 0.3 is 0 Å². The van der Waals surface area contributed by atoms with Gasteiger partial charge in [0.2, 0.25) is 0 Å². The smallest absolute Gasteiger partial charge is 0.193 e. The molecule has 0 radical (unpaired) electrons. The van der Waals surface area contributed by atoms with Crippen LogP contribution in [-0.4, -0.2) is 27.1 Å². The highest BCUT2D eigenvalue weighted by molar-refractivity contribution is 5.92. The Kier molecular flexibility index (Phi) is 4.33. The SMILES string of the molecule is NC(=NCCCc1nnc2ccccn12)Nc1ccc2c(c1)CCC2. The van der Waals surface area contributed by atoms with E-state index in [1.165, 1.54) is 24.0 Å². The van der Waals surface area contributed by atoms with Gasteiger partial charge in [0.1, 0.15) is 5.82 Å². The van der Waals surface area contributed by atoms with Crippen LogP contribution < -0.4 is 11.1 Å². The number of guanidine groups is 1. The fraction of sp³-hybridized carbons (Fsp3) is 0.316. The normalized spacial score (nSPS) is 14.0. The van der Waals surface area contributed by atoms with E-state index in [4.69, 9.17) is 5.73 Å². The summed E-state index contributed by atoms with van der Waals surface area (Å²) in [6.07, 6.45) is 7.28. The van der Waals surface area contributed by atoms with E-state index in [-0.39, 0.29) is 0 Å². The Balaban J connectivity index is 1.31. The minimum atomic E-state index is 0.462. The van der Waals surface area contributed by atoms with E-state index < -0.39 is 0 Å². The minimum absolute atomic E-state index is 0.462. The van der Waals surface area contributed by atoms with Gasteiger partial charge in [-0.1, -0.05) is 12.1 Å². The number of nitrogens with one attached hydrogen (secondary N) is 1. The number of nitrogens with zero attached hydrogens (tertiary/aromatic N) is 4. The lowest BCUT2D eigenvalue weighted by atomic mass is 10.1. The maximum absolute atomic E-state index is 6.01. The lowest BCUT2D eigenvalue weighted by Gasteiger charge is -2.08. The molecule has 2 aromatic heterocycles. The molecule has 128 valence electrons. The maximum atomic E-state index is 6.01. The molecule has 0 aliphatic heterocycles. The number of aromatic nitrogens is 3. The summed E-state index contributed by atoms with van der Waals surface area (Å²) in [5, 5.41) is 11.6. The molecular weight excluding hydrogens is 312 g/mol. The molecule has 4 rings (SSSR count). The van der Waals surface area contributed by atoms with Gasteiger partial charge in [-0.25, -0.2) is 0 Å². The van der Waals surface area contributed by atoms with E-state index in [9.17, 15) is 0 Å². The summed E-state index contributed by atoms with van der Waals surface area (Å²) >= 11 is 0. The minimum Gasteiger partial charge on any atom is -0.370 e. The lowest BCUT2D eigenvalue weighted by Crippen LogP contribution is -2.23. The van der Waals surface area contributed by atoms with Gasteiger partial charge in [-0.05, 0) is 61.1 Å². The first-order chi connectivity index (χ1) is 12.3. The van der Waals surface area contributed by atoms with Crippen molar-refractivity contribution < 1.29 is 0 Å². The number of anilines is 1. The number of rotatable bonds is 5. The summed E-state index contributed by atoms with van der Waals surface area (Å²) in [7, 11) is 0. The van der Waals surface area contributed by atoms with Crippen molar-refractivity contribution in [3.05, 3.63) is 59.5 Å². The van der Waals surface area contributed by atoms with Crippen molar-refractivity contribution in [2.75, 3.05) is 11.9 Å². The third-order valence-electron chi connectivity index (χ3n) is 4.60. The highest BCUT2D eigenvalue weighted by Crippen LogP contribution is 2.24. The van der Waals surface area contributed by atoms with E-state index in [1.807, 2.05) is 28.8 Å². The molecule has 0 atom stereocenters. The zero-order chi connectivity index (χ0) is 17.1. The molecule has 0 saturated heterocycles. The quantitative estimate of drug-likeness (QED) is 0.427. The summed E-state index contributed by atoms with van der Waals surface area (Å²) in [4.78, 5) is 4.42. The second kappa shape index (κ2) is 6.93. The molecule has 2 heterocycles. The summed E-state index contributed by atoms with van der Waals surface area (Å²) < 4.78 is 2.01. The van der Waals surface area contributed by atoms with Gasteiger partial charge in [-0.2, -0.15) is 0 Å². The second-order valence-electron chi connectivity index (χ2n) is 6.38. The number of benzene rings is 1. The molecule has 1 aromatic carbocycles. The third kappa shape index (κ3) is 3.47. The summed E-state index contributed by atoms with van der Waals surface area (Å²) in [5.41, 5.74) is 10.8. The van der Waals surface area contributed by atoms with Crippen LogP contribution >= 0.6 is 0 Å². The van der Waals surface area contributed by atoms with Crippen LogP contribution in [0.15, 0.2) is 47.6 Å². The first-order valence-corrected chi connectivity index (χ1v) is 8.77. The highest BCUT2D eigenvalue weighted by Gasteiger charge is 2.10. The van der Waals surface area contributed by atoms with E-state index >= 15 is 0 Å². The molecule has 3 aromatic rings. The topological polar surface area (TPSA) is 80.6 Å². The molecule has 1 aliphatic carbocycles. The molecule has 0 saturated carbocycles. The van der Waals surface area contributed by atoms with Crippen molar-refractivity contribution in [2.24, 2.45) is 10.7 Å². The first-order valence-electron chi connectivity index (χ1n) is 8.77. The number of hydrogen-bond donors (Lipinski definition) is 2. The van der Waals surface area contributed by atoms with E-state index in [0.29, 0.717) is 12.5 Å². The fourth-order valence-electron chi connectivity index (χ4n) is 3.34. The monoisotopic (exact) mass is 334 g/mol. The highest BCUT2D eigenvalue weighted by atomic mass is 15.2. The van der Waals surface area contributed by atoms with Crippen molar-refractivity contribution in [3.8, 4) is 0 Å². The molecular formula is C19H22N6. The molecule has 0 fully saturated rings. The number of pyridine rings is 1. The van der Waals surface area contributed by atoms with Crippen LogP contribution in [0.1, 0.15) is 29.8 Å². The van der Waals surface area contributed by atoms with Crippen molar-refractivity contribution in [3.63, 3.8) is 0 Å². The largest absolute Gasteiger partial charge is 0.370 e. The van der Waals surface area contributed by atoms with Crippen molar-refractivity contribution >= 4 is 17.3 Å². The van der Waals surface area contributed by atoms with E-state index in [2.05, 4.69) is 38.7 Å². The van der Waals surface area contributed by atoms with Gasteiger partial charge in [0, 0.05) is 24.8 Å². The number of aryl methyl sites for hydroxylation is 3. The van der Waals surface area contributed by atoms with Gasteiger partial charge in [0.25, 0.3) is 0 Å². The average molecular weight is 334 g/mol. The Morgan fingerprint density at radius 2 is 2.08 bits per heavy atom. The molecule has 0 unspecified atom stereocenters. The van der Waals surface area contributed by atoms with Crippen LogP contribution in [0, 0.1) is 0 Å². The Bertz CT molecular complexity index is 911. The summed E-state index contributed by atoms with van der Waals surface area (Å²) in [5.74, 6) is 1.42. The van der Waals surface area contributed by atoms with Crippen molar-refractivity contribution in [1.29, 1.82) is 0 Å². The lowest BCUT2D eigenvalue weighted by molar-refractivity contribution is 0.770. The molecule has 0 amide bonds. The molecule has 3 N–H and O–H groups in total.